The normalized spacial score (nSPS) is 14.9. The monoisotopic (exact) mass is 379 g/mol. The van der Waals surface area contributed by atoms with Crippen LogP contribution in [0.25, 0.3) is 5.65 Å². The Bertz CT molecular complexity index is 1050. The van der Waals surface area contributed by atoms with Crippen molar-refractivity contribution >= 4 is 17.5 Å². The lowest BCUT2D eigenvalue weighted by Crippen LogP contribution is -2.47. The Morgan fingerprint density at radius 1 is 1.04 bits per heavy atom. The highest BCUT2D eigenvalue weighted by atomic mass is 16.2. The summed E-state index contributed by atoms with van der Waals surface area (Å²) in [6.45, 7) is 1.00. The molecule has 0 spiro atoms. The zero-order valence-electron chi connectivity index (χ0n) is 15.3. The predicted molar refractivity (Wildman–Crippen MR) is 103 cm³/mol. The van der Waals surface area contributed by atoms with Gasteiger partial charge in [0.15, 0.2) is 5.65 Å². The van der Waals surface area contributed by atoms with E-state index in [0.29, 0.717) is 37.1 Å². The number of benzene rings is 1. The largest absolute Gasteiger partial charge is 0.350 e. The molecule has 0 aliphatic carbocycles. The molecule has 8 heteroatoms. The maximum Gasteiger partial charge on any atom is 0.350 e. The van der Waals surface area contributed by atoms with E-state index in [-0.39, 0.29) is 30.1 Å². The Balaban J connectivity index is 1.33. The standard InChI is InChI=1S/C20H21N5O3/c26-18(14-25-20(28)24-11-5-4-8-17(24)22-25)23-12-9-16(10-13-23)21-19(27)15-6-2-1-3-7-15/h1-8,11,16H,9-10,12-14H2,(H,21,27). The molecule has 1 fully saturated rings. The Labute approximate surface area is 161 Å². The van der Waals surface area contributed by atoms with Crippen LogP contribution in [0.5, 0.6) is 0 Å². The van der Waals surface area contributed by atoms with Crippen LogP contribution in [0.3, 0.4) is 0 Å². The van der Waals surface area contributed by atoms with Gasteiger partial charge in [-0.3, -0.25) is 14.0 Å². The molecular formula is C20H21N5O3. The van der Waals surface area contributed by atoms with E-state index in [0.717, 1.165) is 0 Å². The van der Waals surface area contributed by atoms with E-state index in [1.807, 2.05) is 18.2 Å². The fourth-order valence-electron chi connectivity index (χ4n) is 3.43. The molecule has 1 aromatic carbocycles. The van der Waals surface area contributed by atoms with Crippen LogP contribution in [-0.4, -0.2) is 50.0 Å². The van der Waals surface area contributed by atoms with Crippen molar-refractivity contribution in [1.82, 2.24) is 24.4 Å². The third-order valence-electron chi connectivity index (χ3n) is 4.99. The fourth-order valence-corrected chi connectivity index (χ4v) is 3.43. The minimum absolute atomic E-state index is 0.0367. The smallest absolute Gasteiger partial charge is 0.349 e. The summed E-state index contributed by atoms with van der Waals surface area (Å²) in [6.07, 6.45) is 3.00. The van der Waals surface area contributed by atoms with Gasteiger partial charge in [-0.1, -0.05) is 24.3 Å². The van der Waals surface area contributed by atoms with Gasteiger partial charge in [0, 0.05) is 30.9 Å². The average molecular weight is 379 g/mol. The molecular weight excluding hydrogens is 358 g/mol. The molecule has 3 heterocycles. The van der Waals surface area contributed by atoms with E-state index in [4.69, 9.17) is 0 Å². The quantitative estimate of drug-likeness (QED) is 0.730. The zero-order chi connectivity index (χ0) is 19.5. The third-order valence-corrected chi connectivity index (χ3v) is 4.99. The Hall–Kier alpha value is -3.42. The molecule has 0 unspecified atom stereocenters. The molecule has 0 saturated carbocycles. The van der Waals surface area contributed by atoms with Crippen molar-refractivity contribution in [3.8, 4) is 0 Å². The first-order chi connectivity index (χ1) is 13.6. The number of hydrogen-bond acceptors (Lipinski definition) is 4. The number of fused-ring (bicyclic) bond motifs is 1. The molecule has 1 aliphatic rings. The van der Waals surface area contributed by atoms with Gasteiger partial charge in [-0.05, 0) is 37.1 Å². The fraction of sp³-hybridized carbons (Fsp3) is 0.300. The second-order valence-electron chi connectivity index (χ2n) is 6.86. The molecule has 2 amide bonds. The SMILES string of the molecule is O=C(NC1CCN(C(=O)Cn2nc3ccccn3c2=O)CC1)c1ccccc1. The van der Waals surface area contributed by atoms with Crippen molar-refractivity contribution in [3.63, 3.8) is 0 Å². The highest BCUT2D eigenvalue weighted by molar-refractivity contribution is 5.94. The summed E-state index contributed by atoms with van der Waals surface area (Å²) in [5, 5.41) is 7.22. The summed E-state index contributed by atoms with van der Waals surface area (Å²) >= 11 is 0. The lowest BCUT2D eigenvalue weighted by atomic mass is 10.0. The number of amides is 2. The molecule has 1 aliphatic heterocycles. The molecule has 1 saturated heterocycles. The van der Waals surface area contributed by atoms with Gasteiger partial charge < -0.3 is 10.2 Å². The highest BCUT2D eigenvalue weighted by Crippen LogP contribution is 2.12. The number of rotatable bonds is 4. The van der Waals surface area contributed by atoms with Crippen LogP contribution in [0.2, 0.25) is 0 Å². The number of aromatic nitrogens is 3. The van der Waals surface area contributed by atoms with E-state index in [2.05, 4.69) is 10.4 Å². The van der Waals surface area contributed by atoms with Crippen molar-refractivity contribution < 1.29 is 9.59 Å². The number of carbonyl (C=O) groups is 2. The van der Waals surface area contributed by atoms with Crippen LogP contribution in [0.15, 0.2) is 59.5 Å². The summed E-state index contributed by atoms with van der Waals surface area (Å²) in [5.41, 5.74) is 0.823. The molecule has 4 rings (SSSR count). The first-order valence-corrected chi connectivity index (χ1v) is 9.30. The maximum atomic E-state index is 12.6. The summed E-state index contributed by atoms with van der Waals surface area (Å²) in [5.74, 6) is -0.236. The van der Waals surface area contributed by atoms with Gasteiger partial charge in [0.2, 0.25) is 5.91 Å². The minimum Gasteiger partial charge on any atom is -0.349 e. The lowest BCUT2D eigenvalue weighted by Gasteiger charge is -2.32. The van der Waals surface area contributed by atoms with Gasteiger partial charge in [-0.15, -0.1) is 5.10 Å². The van der Waals surface area contributed by atoms with Crippen molar-refractivity contribution in [1.29, 1.82) is 0 Å². The van der Waals surface area contributed by atoms with E-state index in [1.54, 1.807) is 41.4 Å². The van der Waals surface area contributed by atoms with E-state index in [9.17, 15) is 14.4 Å². The molecule has 8 nitrogen and oxygen atoms in total. The Morgan fingerprint density at radius 3 is 2.46 bits per heavy atom. The van der Waals surface area contributed by atoms with Gasteiger partial charge in [0.05, 0.1) is 0 Å². The van der Waals surface area contributed by atoms with Gasteiger partial charge in [-0.25, -0.2) is 9.48 Å². The molecule has 2 aromatic heterocycles. The Kier molecular flexibility index (Phi) is 4.92. The van der Waals surface area contributed by atoms with Crippen LogP contribution in [0, 0.1) is 0 Å². The van der Waals surface area contributed by atoms with Crippen LogP contribution in [-0.2, 0) is 11.3 Å². The second kappa shape index (κ2) is 7.67. The first kappa shape index (κ1) is 18.0. The summed E-state index contributed by atoms with van der Waals surface area (Å²) in [4.78, 5) is 38.9. The summed E-state index contributed by atoms with van der Waals surface area (Å²) in [7, 11) is 0. The van der Waals surface area contributed by atoms with Crippen molar-refractivity contribution in [2.45, 2.75) is 25.4 Å². The van der Waals surface area contributed by atoms with Gasteiger partial charge >= 0.3 is 5.69 Å². The third kappa shape index (κ3) is 3.66. The average Bonchev–Trinajstić information content (AvgIpc) is 3.05. The van der Waals surface area contributed by atoms with Gasteiger partial charge in [0.1, 0.15) is 6.54 Å². The predicted octanol–water partition coefficient (Wildman–Crippen LogP) is 0.917. The van der Waals surface area contributed by atoms with Crippen molar-refractivity contribution in [3.05, 3.63) is 70.8 Å². The minimum atomic E-state index is -0.325. The number of pyridine rings is 1. The molecule has 144 valence electrons. The molecule has 3 aromatic rings. The molecule has 0 atom stereocenters. The topological polar surface area (TPSA) is 88.7 Å². The van der Waals surface area contributed by atoms with Gasteiger partial charge in [0.25, 0.3) is 5.91 Å². The number of carbonyl (C=O) groups excluding carboxylic acids is 2. The van der Waals surface area contributed by atoms with Crippen LogP contribution >= 0.6 is 0 Å². The Morgan fingerprint density at radius 2 is 1.75 bits per heavy atom. The molecule has 0 bridgehead atoms. The lowest BCUT2D eigenvalue weighted by molar-refractivity contribution is -0.133. The van der Waals surface area contributed by atoms with Crippen LogP contribution in [0.4, 0.5) is 0 Å². The number of nitrogens with zero attached hydrogens (tertiary/aromatic N) is 4. The number of likely N-dealkylation sites (tertiary alicyclic amines) is 1. The molecule has 0 radical (unpaired) electrons. The zero-order valence-corrected chi connectivity index (χ0v) is 15.3. The van der Waals surface area contributed by atoms with Gasteiger partial charge in [-0.2, -0.15) is 0 Å². The van der Waals surface area contributed by atoms with E-state index in [1.165, 1.54) is 9.08 Å². The molecule has 28 heavy (non-hydrogen) atoms. The van der Waals surface area contributed by atoms with Crippen LogP contribution < -0.4 is 11.0 Å². The number of hydrogen-bond donors (Lipinski definition) is 1. The summed E-state index contributed by atoms with van der Waals surface area (Å²) in [6, 6.07) is 14.4. The van der Waals surface area contributed by atoms with Crippen molar-refractivity contribution in [2.24, 2.45) is 0 Å². The first-order valence-electron chi connectivity index (χ1n) is 9.30. The van der Waals surface area contributed by atoms with E-state index < -0.39 is 0 Å². The number of piperidine rings is 1. The molecule has 1 N–H and O–H groups in total. The maximum absolute atomic E-state index is 12.6. The highest BCUT2D eigenvalue weighted by Gasteiger charge is 2.25. The van der Waals surface area contributed by atoms with E-state index >= 15 is 0 Å². The van der Waals surface area contributed by atoms with Crippen LogP contribution in [0.1, 0.15) is 23.2 Å². The van der Waals surface area contributed by atoms with Crippen molar-refractivity contribution in [2.75, 3.05) is 13.1 Å². The summed E-state index contributed by atoms with van der Waals surface area (Å²) < 4.78 is 2.61. The second-order valence-corrected chi connectivity index (χ2v) is 6.86. The number of nitrogens with one attached hydrogen (secondary N) is 1.